The molecule has 1 aromatic rings. The predicted molar refractivity (Wildman–Crippen MR) is 111 cm³/mol. The molecule has 3 rings (SSSR count). The molecular weight excluding hydrogens is 497 g/mol. The highest BCUT2D eigenvalue weighted by molar-refractivity contribution is 9.11. The van der Waals surface area contributed by atoms with Crippen LogP contribution in [-0.2, 0) is 17.7 Å². The first-order chi connectivity index (χ1) is 13.1. The average Bonchev–Trinajstić information content (AvgIpc) is 3.40. The first kappa shape index (κ1) is 21.4. The fourth-order valence-corrected chi connectivity index (χ4v) is 4.89. The molecule has 6 nitrogen and oxygen atoms in total. The Balaban J connectivity index is 1.72. The molecule has 154 valence electrons. The summed E-state index contributed by atoms with van der Waals surface area (Å²) < 4.78 is 21.8. The highest BCUT2D eigenvalue weighted by Gasteiger charge is 2.39. The van der Waals surface area contributed by atoms with Crippen molar-refractivity contribution in [3.05, 3.63) is 32.2 Å². The first-order valence-corrected chi connectivity index (χ1v) is 10.8. The maximum Gasteiger partial charge on any atom is 0.407 e. The van der Waals surface area contributed by atoms with Gasteiger partial charge in [0.15, 0.2) is 0 Å². The van der Waals surface area contributed by atoms with Crippen LogP contribution in [0.2, 0.25) is 0 Å². The van der Waals surface area contributed by atoms with Crippen LogP contribution in [-0.4, -0.2) is 46.2 Å². The number of ether oxygens (including phenoxy) is 1. The summed E-state index contributed by atoms with van der Waals surface area (Å²) in [6.07, 6.45) is 2.76. The van der Waals surface area contributed by atoms with Gasteiger partial charge in [-0.25, -0.2) is 9.18 Å². The van der Waals surface area contributed by atoms with Gasteiger partial charge in [0.25, 0.3) is 5.91 Å². The first-order valence-electron chi connectivity index (χ1n) is 9.24. The second-order valence-corrected chi connectivity index (χ2v) is 9.63. The zero-order valence-corrected chi connectivity index (χ0v) is 19.3. The summed E-state index contributed by atoms with van der Waals surface area (Å²) in [5.74, 6) is 0.0210. The number of hydrogen-bond acceptors (Lipinski definition) is 3. The standard InChI is InChI=1S/C19H24Br2FN3O3/c1-19(2,3)28-18(27)23-9-11(8-22)10-25-15(20)13-6-7-24(12-4-5-12)17(26)14(13)16(25)21/h8,12H,4-7,9-10H2,1-3H3,(H,23,27). The van der Waals surface area contributed by atoms with Crippen molar-refractivity contribution in [2.24, 2.45) is 0 Å². The van der Waals surface area contributed by atoms with E-state index in [1.807, 2.05) is 4.90 Å². The van der Waals surface area contributed by atoms with E-state index in [0.29, 0.717) is 34.7 Å². The molecule has 0 radical (unpaired) electrons. The molecule has 0 saturated heterocycles. The van der Waals surface area contributed by atoms with Crippen LogP contribution in [0.4, 0.5) is 9.18 Å². The maximum atomic E-state index is 13.5. The van der Waals surface area contributed by atoms with Crippen LogP contribution in [0.5, 0.6) is 0 Å². The van der Waals surface area contributed by atoms with Gasteiger partial charge in [-0.15, -0.1) is 0 Å². The Kier molecular flexibility index (Phi) is 6.24. The van der Waals surface area contributed by atoms with Crippen molar-refractivity contribution < 1.29 is 18.7 Å². The lowest BCUT2D eigenvalue weighted by Gasteiger charge is -2.27. The smallest absolute Gasteiger partial charge is 0.407 e. The molecule has 2 amide bonds. The van der Waals surface area contributed by atoms with Crippen molar-refractivity contribution in [3.8, 4) is 0 Å². The zero-order valence-electron chi connectivity index (χ0n) is 16.2. The highest BCUT2D eigenvalue weighted by Crippen LogP contribution is 2.39. The largest absolute Gasteiger partial charge is 0.444 e. The number of amides is 2. The lowest BCUT2D eigenvalue weighted by Crippen LogP contribution is -2.38. The molecule has 2 heterocycles. The average molecular weight is 521 g/mol. The Labute approximate surface area is 180 Å². The number of hydrogen-bond donors (Lipinski definition) is 1. The number of rotatable bonds is 5. The minimum Gasteiger partial charge on any atom is -0.444 e. The molecule has 1 aliphatic carbocycles. The van der Waals surface area contributed by atoms with E-state index in [1.165, 1.54) is 0 Å². The van der Waals surface area contributed by atoms with Crippen LogP contribution in [0.1, 0.15) is 49.5 Å². The van der Waals surface area contributed by atoms with Crippen molar-refractivity contribution in [1.29, 1.82) is 0 Å². The molecule has 1 aliphatic heterocycles. The Hall–Kier alpha value is -1.35. The van der Waals surface area contributed by atoms with Crippen LogP contribution < -0.4 is 5.32 Å². The van der Waals surface area contributed by atoms with Gasteiger partial charge in [0.2, 0.25) is 0 Å². The third-order valence-corrected chi connectivity index (χ3v) is 6.40. The van der Waals surface area contributed by atoms with E-state index in [0.717, 1.165) is 29.4 Å². The fraction of sp³-hybridized carbons (Fsp3) is 0.579. The number of fused-ring (bicyclic) bond motifs is 1. The lowest BCUT2D eigenvalue weighted by molar-refractivity contribution is 0.0531. The van der Waals surface area contributed by atoms with E-state index < -0.39 is 11.7 Å². The Morgan fingerprint density at radius 3 is 2.57 bits per heavy atom. The zero-order chi connectivity index (χ0) is 20.6. The van der Waals surface area contributed by atoms with Crippen LogP contribution in [0.25, 0.3) is 0 Å². The number of carbonyl (C=O) groups excluding carboxylic acids is 2. The van der Waals surface area contributed by atoms with E-state index in [4.69, 9.17) is 4.74 Å². The van der Waals surface area contributed by atoms with E-state index in [1.54, 1.807) is 25.3 Å². The normalized spacial score (nSPS) is 17.6. The summed E-state index contributed by atoms with van der Waals surface area (Å²) in [5, 5.41) is 2.56. The lowest BCUT2D eigenvalue weighted by atomic mass is 10.0. The van der Waals surface area contributed by atoms with Crippen LogP contribution in [0, 0.1) is 0 Å². The van der Waals surface area contributed by atoms with Gasteiger partial charge < -0.3 is 19.5 Å². The SMILES string of the molecule is CC(C)(C)OC(=O)NCC(=CF)Cn1c(Br)c2c(c1Br)C(=O)N(C1CC1)CC2. The van der Waals surface area contributed by atoms with Gasteiger partial charge in [0.1, 0.15) is 5.60 Å². The molecule has 28 heavy (non-hydrogen) atoms. The van der Waals surface area contributed by atoms with Crippen molar-refractivity contribution in [3.63, 3.8) is 0 Å². The summed E-state index contributed by atoms with van der Waals surface area (Å²) >= 11 is 7.09. The number of nitrogens with one attached hydrogen (secondary N) is 1. The quantitative estimate of drug-likeness (QED) is 0.619. The third kappa shape index (κ3) is 4.62. The van der Waals surface area contributed by atoms with E-state index in [-0.39, 0.29) is 19.0 Å². The van der Waals surface area contributed by atoms with Gasteiger partial charge in [-0.1, -0.05) is 0 Å². The minimum atomic E-state index is -0.622. The van der Waals surface area contributed by atoms with Crippen LogP contribution >= 0.6 is 31.9 Å². The van der Waals surface area contributed by atoms with Crippen LogP contribution in [0.15, 0.2) is 21.1 Å². The molecule has 9 heteroatoms. The molecule has 0 atom stereocenters. The third-order valence-electron chi connectivity index (χ3n) is 4.67. The summed E-state index contributed by atoms with van der Waals surface area (Å²) in [5.41, 5.74) is 1.31. The van der Waals surface area contributed by atoms with Crippen molar-refractivity contribution in [1.82, 2.24) is 14.8 Å². The minimum absolute atomic E-state index is 0.00921. The monoisotopic (exact) mass is 519 g/mol. The van der Waals surface area contributed by atoms with Gasteiger partial charge in [-0.3, -0.25) is 4.79 Å². The van der Waals surface area contributed by atoms with E-state index in [2.05, 4.69) is 37.2 Å². The molecule has 1 saturated carbocycles. The number of nitrogens with zero attached hydrogens (tertiary/aromatic N) is 2. The molecule has 1 aromatic heterocycles. The van der Waals surface area contributed by atoms with Gasteiger partial charge >= 0.3 is 6.09 Å². The summed E-state index contributed by atoms with van der Waals surface area (Å²) in [6.45, 7) is 6.20. The molecule has 0 aromatic carbocycles. The van der Waals surface area contributed by atoms with Gasteiger partial charge in [0, 0.05) is 31.2 Å². The van der Waals surface area contributed by atoms with Crippen molar-refractivity contribution in [2.75, 3.05) is 13.1 Å². The molecule has 0 unspecified atom stereocenters. The van der Waals surface area contributed by atoms with Crippen LogP contribution in [0.3, 0.4) is 0 Å². The Bertz CT molecular complexity index is 825. The fourth-order valence-electron chi connectivity index (χ4n) is 3.24. The van der Waals surface area contributed by atoms with E-state index in [9.17, 15) is 14.0 Å². The Morgan fingerprint density at radius 1 is 1.32 bits per heavy atom. The topological polar surface area (TPSA) is 63.6 Å². The number of aromatic nitrogens is 1. The molecule has 2 aliphatic rings. The predicted octanol–water partition coefficient (Wildman–Crippen LogP) is 4.55. The second-order valence-electron chi connectivity index (χ2n) is 8.12. The number of halogens is 3. The molecule has 1 N–H and O–H groups in total. The van der Waals surface area contributed by atoms with Crippen molar-refractivity contribution >= 4 is 43.9 Å². The highest BCUT2D eigenvalue weighted by atomic mass is 79.9. The van der Waals surface area contributed by atoms with Crippen molar-refractivity contribution in [2.45, 2.75) is 58.2 Å². The molecule has 0 bridgehead atoms. The summed E-state index contributed by atoms with van der Waals surface area (Å²) in [4.78, 5) is 26.6. The summed E-state index contributed by atoms with van der Waals surface area (Å²) in [6, 6.07) is 0.356. The number of alkyl carbamates (subject to hydrolysis) is 1. The Morgan fingerprint density at radius 2 is 2.00 bits per heavy atom. The van der Waals surface area contributed by atoms with E-state index >= 15 is 0 Å². The molecule has 1 fully saturated rings. The van der Waals surface area contributed by atoms with Gasteiger partial charge in [0.05, 0.1) is 21.1 Å². The van der Waals surface area contributed by atoms with Gasteiger partial charge in [-0.2, -0.15) is 0 Å². The van der Waals surface area contributed by atoms with Gasteiger partial charge in [-0.05, 0) is 77.5 Å². The number of carbonyl (C=O) groups is 2. The molecular formula is C19H24Br2FN3O3. The maximum absolute atomic E-state index is 13.5. The second kappa shape index (κ2) is 8.18. The molecule has 0 spiro atoms. The summed E-state index contributed by atoms with van der Waals surface area (Å²) in [7, 11) is 0.